The molecule has 0 saturated carbocycles. The third-order valence-electron chi connectivity index (χ3n) is 2.44. The molecule has 0 aliphatic heterocycles. The predicted octanol–water partition coefficient (Wildman–Crippen LogP) is 3.17. The molecule has 0 saturated heterocycles. The van der Waals surface area contributed by atoms with Gasteiger partial charge >= 0.3 is 6.61 Å². The predicted molar refractivity (Wildman–Crippen MR) is 59.0 cm³/mol. The lowest BCUT2D eigenvalue weighted by Crippen LogP contribution is -2.14. The lowest BCUT2D eigenvalue weighted by Gasteiger charge is -2.19. The summed E-state index contributed by atoms with van der Waals surface area (Å²) in [5.41, 5.74) is 0.400. The van der Waals surface area contributed by atoms with Gasteiger partial charge < -0.3 is 4.74 Å². The van der Waals surface area contributed by atoms with E-state index in [4.69, 9.17) is 0 Å². The summed E-state index contributed by atoms with van der Waals surface area (Å²) in [4.78, 5) is 13.9. The average Bonchev–Trinajstić information content (AvgIpc) is 2.20. The standard InChI is InChI=1S/C12H13F2NO2/c1-8-4-5-9(12(2,3)15-7-16)6-10(8)17-11(13)14/h4-6,11H,1-3H3. The molecule has 0 amide bonds. The van der Waals surface area contributed by atoms with Crippen LogP contribution in [0, 0.1) is 6.92 Å². The summed E-state index contributed by atoms with van der Waals surface area (Å²) in [5.74, 6) is 0.0895. The highest BCUT2D eigenvalue weighted by atomic mass is 19.3. The Labute approximate surface area is 98.1 Å². The summed E-state index contributed by atoms with van der Waals surface area (Å²) < 4.78 is 28.7. The van der Waals surface area contributed by atoms with Crippen molar-refractivity contribution in [1.82, 2.24) is 0 Å². The van der Waals surface area contributed by atoms with E-state index in [2.05, 4.69) is 9.73 Å². The van der Waals surface area contributed by atoms with Gasteiger partial charge in [-0.3, -0.25) is 0 Å². The van der Waals surface area contributed by atoms with E-state index in [0.717, 1.165) is 0 Å². The molecule has 0 heterocycles. The van der Waals surface area contributed by atoms with Crippen LogP contribution in [0.25, 0.3) is 0 Å². The molecular formula is C12H13F2NO2. The van der Waals surface area contributed by atoms with E-state index in [1.807, 2.05) is 0 Å². The molecule has 0 aliphatic rings. The zero-order chi connectivity index (χ0) is 13.1. The van der Waals surface area contributed by atoms with E-state index in [1.165, 1.54) is 12.1 Å². The van der Waals surface area contributed by atoms with Gasteiger partial charge in [-0.05, 0) is 38.0 Å². The number of benzene rings is 1. The van der Waals surface area contributed by atoms with E-state index in [1.54, 1.807) is 32.9 Å². The summed E-state index contributed by atoms with van der Waals surface area (Å²) in [6.45, 7) is 2.17. The number of rotatable bonds is 4. The second kappa shape index (κ2) is 5.06. The minimum absolute atomic E-state index is 0.0895. The normalized spacial score (nSPS) is 11.2. The molecule has 0 atom stereocenters. The first-order valence-electron chi connectivity index (χ1n) is 5.02. The van der Waals surface area contributed by atoms with Crippen molar-refractivity contribution in [2.75, 3.05) is 0 Å². The molecule has 3 nitrogen and oxygen atoms in total. The number of carbonyl (C=O) groups excluding carboxylic acids is 1. The summed E-state index contributed by atoms with van der Waals surface area (Å²) in [6.07, 6.45) is 1.47. The third-order valence-corrected chi connectivity index (χ3v) is 2.44. The van der Waals surface area contributed by atoms with E-state index in [9.17, 15) is 13.6 Å². The van der Waals surface area contributed by atoms with Crippen LogP contribution in [0.15, 0.2) is 23.2 Å². The SMILES string of the molecule is Cc1ccc(C(C)(C)N=C=O)cc1OC(F)F. The Morgan fingerprint density at radius 3 is 2.59 bits per heavy atom. The molecule has 1 aromatic rings. The van der Waals surface area contributed by atoms with Gasteiger partial charge in [-0.2, -0.15) is 13.8 Å². The van der Waals surface area contributed by atoms with Gasteiger partial charge in [0.2, 0.25) is 6.08 Å². The number of isocyanates is 1. The number of aryl methyl sites for hydroxylation is 1. The molecule has 1 rings (SSSR count). The Balaban J connectivity index is 3.16. The highest BCUT2D eigenvalue weighted by Crippen LogP contribution is 2.30. The molecule has 1 aromatic carbocycles. The number of aliphatic imine (C=N–C) groups is 1. The largest absolute Gasteiger partial charge is 0.435 e. The van der Waals surface area contributed by atoms with Crippen LogP contribution in [0.4, 0.5) is 8.78 Å². The van der Waals surface area contributed by atoms with Crippen LogP contribution in [0.3, 0.4) is 0 Å². The fraction of sp³-hybridized carbons (Fsp3) is 0.417. The van der Waals surface area contributed by atoms with Gasteiger partial charge in [-0.15, -0.1) is 0 Å². The molecule has 5 heteroatoms. The number of halogens is 2. The smallest absolute Gasteiger partial charge is 0.387 e. The van der Waals surface area contributed by atoms with Crippen LogP contribution in [0.1, 0.15) is 25.0 Å². The Kier molecular flexibility index (Phi) is 3.97. The highest BCUT2D eigenvalue weighted by Gasteiger charge is 2.21. The maximum Gasteiger partial charge on any atom is 0.387 e. The number of hydrogen-bond donors (Lipinski definition) is 0. The maximum atomic E-state index is 12.2. The van der Waals surface area contributed by atoms with Crippen LogP contribution in [-0.4, -0.2) is 12.7 Å². The van der Waals surface area contributed by atoms with Gasteiger partial charge in [0.15, 0.2) is 0 Å². The Morgan fingerprint density at radius 2 is 2.06 bits per heavy atom. The number of hydrogen-bond acceptors (Lipinski definition) is 3. The Bertz CT molecular complexity index is 452. The van der Waals surface area contributed by atoms with Crippen LogP contribution in [-0.2, 0) is 10.3 Å². The minimum Gasteiger partial charge on any atom is -0.435 e. The Morgan fingerprint density at radius 1 is 1.41 bits per heavy atom. The van der Waals surface area contributed by atoms with Crippen molar-refractivity contribution in [2.24, 2.45) is 4.99 Å². The van der Waals surface area contributed by atoms with Gasteiger partial charge in [0.25, 0.3) is 0 Å². The second-order valence-electron chi connectivity index (χ2n) is 4.12. The van der Waals surface area contributed by atoms with Crippen molar-refractivity contribution in [1.29, 1.82) is 0 Å². The fourth-order valence-electron chi connectivity index (χ4n) is 1.38. The zero-order valence-electron chi connectivity index (χ0n) is 9.83. The summed E-state index contributed by atoms with van der Waals surface area (Å²) in [7, 11) is 0. The first-order chi connectivity index (χ1) is 7.86. The van der Waals surface area contributed by atoms with E-state index >= 15 is 0 Å². The molecule has 0 fully saturated rings. The van der Waals surface area contributed by atoms with Gasteiger partial charge in [0.05, 0.1) is 5.54 Å². The topological polar surface area (TPSA) is 38.7 Å². The molecule has 0 N–H and O–H groups in total. The van der Waals surface area contributed by atoms with Gasteiger partial charge in [0.1, 0.15) is 5.75 Å². The maximum absolute atomic E-state index is 12.2. The van der Waals surface area contributed by atoms with Gasteiger partial charge in [0, 0.05) is 0 Å². The van der Waals surface area contributed by atoms with Crippen molar-refractivity contribution in [3.8, 4) is 5.75 Å². The zero-order valence-corrected chi connectivity index (χ0v) is 9.83. The number of nitrogens with zero attached hydrogens (tertiary/aromatic N) is 1. The molecule has 0 bridgehead atoms. The summed E-state index contributed by atoms with van der Waals surface area (Å²) in [6, 6.07) is 4.83. The van der Waals surface area contributed by atoms with Crippen molar-refractivity contribution >= 4 is 6.08 Å². The minimum atomic E-state index is -2.87. The molecule has 17 heavy (non-hydrogen) atoms. The monoisotopic (exact) mass is 241 g/mol. The lowest BCUT2D eigenvalue weighted by molar-refractivity contribution is -0.0503. The quantitative estimate of drug-likeness (QED) is 0.600. The molecule has 0 spiro atoms. The van der Waals surface area contributed by atoms with Gasteiger partial charge in [-0.25, -0.2) is 4.79 Å². The van der Waals surface area contributed by atoms with Crippen LogP contribution >= 0.6 is 0 Å². The molecule has 0 radical (unpaired) electrons. The molecule has 92 valence electrons. The van der Waals surface area contributed by atoms with Crippen molar-refractivity contribution < 1.29 is 18.3 Å². The summed E-state index contributed by atoms with van der Waals surface area (Å²) in [5, 5.41) is 0. The van der Waals surface area contributed by atoms with E-state index in [-0.39, 0.29) is 5.75 Å². The van der Waals surface area contributed by atoms with E-state index in [0.29, 0.717) is 11.1 Å². The average molecular weight is 241 g/mol. The van der Waals surface area contributed by atoms with Crippen molar-refractivity contribution in [3.63, 3.8) is 0 Å². The highest BCUT2D eigenvalue weighted by molar-refractivity contribution is 5.42. The third kappa shape index (κ3) is 3.36. The number of alkyl halides is 2. The fourth-order valence-corrected chi connectivity index (χ4v) is 1.38. The molecule has 0 aromatic heterocycles. The van der Waals surface area contributed by atoms with Crippen molar-refractivity contribution in [2.45, 2.75) is 32.9 Å². The molecule has 0 unspecified atom stereocenters. The number of ether oxygens (including phenoxy) is 1. The van der Waals surface area contributed by atoms with Gasteiger partial charge in [-0.1, -0.05) is 12.1 Å². The second-order valence-corrected chi connectivity index (χ2v) is 4.12. The molecule has 0 aliphatic carbocycles. The first kappa shape index (κ1) is 13.3. The van der Waals surface area contributed by atoms with Crippen LogP contribution in [0.5, 0.6) is 5.75 Å². The first-order valence-corrected chi connectivity index (χ1v) is 5.02. The van der Waals surface area contributed by atoms with E-state index < -0.39 is 12.2 Å². The summed E-state index contributed by atoms with van der Waals surface area (Å²) >= 11 is 0. The van der Waals surface area contributed by atoms with Crippen molar-refractivity contribution in [3.05, 3.63) is 29.3 Å². The van der Waals surface area contributed by atoms with Crippen LogP contribution in [0.2, 0.25) is 0 Å². The lowest BCUT2D eigenvalue weighted by atomic mass is 9.94. The van der Waals surface area contributed by atoms with Crippen LogP contribution < -0.4 is 4.74 Å². The molecular weight excluding hydrogens is 228 g/mol. The Hall–Kier alpha value is -1.74.